The molecule has 5 nitrogen and oxygen atoms in total. The fourth-order valence-electron chi connectivity index (χ4n) is 2.78. The number of carbonyl (C=O) groups is 1. The highest BCUT2D eigenvalue weighted by Crippen LogP contribution is 2.50. The number of thiazole rings is 1. The molecule has 0 aromatic carbocycles. The van der Waals surface area contributed by atoms with Crippen LogP contribution in [0.2, 0.25) is 0 Å². The Bertz CT molecular complexity index is 539. The molecule has 1 saturated carbocycles. The van der Waals surface area contributed by atoms with Crippen molar-refractivity contribution in [3.8, 4) is 0 Å². The quantitative estimate of drug-likeness (QED) is 0.818. The van der Waals surface area contributed by atoms with Crippen molar-refractivity contribution in [2.45, 2.75) is 58.7 Å². The number of nitrogens with zero attached hydrogens (tertiary/aromatic N) is 1. The smallest absolute Gasteiger partial charge is 0.241 e. The normalized spacial score (nSPS) is 26.3. The van der Waals surface area contributed by atoms with Crippen LogP contribution < -0.4 is 11.1 Å². The lowest BCUT2D eigenvalue weighted by Gasteiger charge is -2.57. The van der Waals surface area contributed by atoms with Crippen LogP contribution in [0.4, 0.5) is 0 Å². The number of aryl methyl sites for hydroxylation is 1. The van der Waals surface area contributed by atoms with Crippen LogP contribution in [0.15, 0.2) is 5.38 Å². The first-order valence-electron chi connectivity index (χ1n) is 7.36. The summed E-state index contributed by atoms with van der Waals surface area (Å²) < 4.78 is 5.66. The first-order valence-corrected chi connectivity index (χ1v) is 8.23. The first kappa shape index (κ1) is 22.6. The van der Waals surface area contributed by atoms with Gasteiger partial charge >= 0.3 is 0 Å². The number of hydrogen-bond donors (Lipinski definition) is 2. The Morgan fingerprint density at radius 1 is 1.57 bits per heavy atom. The van der Waals surface area contributed by atoms with Crippen LogP contribution in [0.3, 0.4) is 0 Å². The molecule has 0 radical (unpaired) electrons. The lowest BCUT2D eigenvalue weighted by atomic mass is 9.54. The Labute approximate surface area is 154 Å². The van der Waals surface area contributed by atoms with Crippen molar-refractivity contribution < 1.29 is 9.53 Å². The highest BCUT2D eigenvalue weighted by molar-refractivity contribution is 7.09. The van der Waals surface area contributed by atoms with Gasteiger partial charge in [-0.3, -0.25) is 4.79 Å². The standard InChI is InChI=1S/C15H25N3O2S.2ClH/c1-6-20-11-7-15(16,14(11,4)5)13(19)18-10(3)12-17-9(2)8-21-12;;/h8,10-11H,6-7,16H2,1-5H3,(H,18,19);2*1H. The first-order chi connectivity index (χ1) is 9.72. The third kappa shape index (κ3) is 3.99. The molecule has 1 aromatic heterocycles. The van der Waals surface area contributed by atoms with Crippen LogP contribution in [0.5, 0.6) is 0 Å². The number of aromatic nitrogens is 1. The molecule has 1 amide bonds. The average Bonchev–Trinajstić information content (AvgIpc) is 2.84. The van der Waals surface area contributed by atoms with Crippen molar-refractivity contribution in [2.75, 3.05) is 6.61 Å². The van der Waals surface area contributed by atoms with E-state index < -0.39 is 5.54 Å². The third-order valence-corrected chi connectivity index (χ3v) is 5.74. The molecule has 0 bridgehead atoms. The van der Waals surface area contributed by atoms with Crippen LogP contribution >= 0.6 is 36.2 Å². The largest absolute Gasteiger partial charge is 0.378 e. The van der Waals surface area contributed by atoms with Crippen LogP contribution in [-0.4, -0.2) is 29.1 Å². The van der Waals surface area contributed by atoms with E-state index in [9.17, 15) is 4.79 Å². The predicted octanol–water partition coefficient (Wildman–Crippen LogP) is 3.00. The Morgan fingerprint density at radius 2 is 2.17 bits per heavy atom. The number of carbonyl (C=O) groups excluding carboxylic acids is 1. The lowest BCUT2D eigenvalue weighted by Crippen LogP contribution is -2.75. The monoisotopic (exact) mass is 383 g/mol. The third-order valence-electron chi connectivity index (χ3n) is 4.59. The van der Waals surface area contributed by atoms with Gasteiger partial charge in [-0.15, -0.1) is 36.2 Å². The van der Waals surface area contributed by atoms with E-state index in [2.05, 4.69) is 10.3 Å². The summed E-state index contributed by atoms with van der Waals surface area (Å²) in [4.78, 5) is 17.0. The van der Waals surface area contributed by atoms with Gasteiger partial charge in [0.05, 0.1) is 12.1 Å². The molecule has 0 saturated heterocycles. The summed E-state index contributed by atoms with van der Waals surface area (Å²) in [5, 5.41) is 5.88. The number of amides is 1. The zero-order valence-corrected chi connectivity index (χ0v) is 16.7. The summed E-state index contributed by atoms with van der Waals surface area (Å²) in [7, 11) is 0. The summed E-state index contributed by atoms with van der Waals surface area (Å²) in [5.74, 6) is -0.121. The molecule has 1 heterocycles. The second-order valence-electron chi connectivity index (χ2n) is 6.36. The molecule has 0 spiro atoms. The predicted molar refractivity (Wildman–Crippen MR) is 98.6 cm³/mol. The van der Waals surface area contributed by atoms with Crippen molar-refractivity contribution in [3.63, 3.8) is 0 Å². The molecular formula is C15H27Cl2N3O2S. The molecule has 1 aromatic rings. The molecule has 1 fully saturated rings. The van der Waals surface area contributed by atoms with Gasteiger partial charge in [-0.2, -0.15) is 0 Å². The number of nitrogens with two attached hydrogens (primary N) is 1. The molecular weight excluding hydrogens is 357 g/mol. The molecule has 23 heavy (non-hydrogen) atoms. The summed E-state index contributed by atoms with van der Waals surface area (Å²) in [6, 6.07) is -0.126. The molecule has 3 unspecified atom stereocenters. The highest BCUT2D eigenvalue weighted by Gasteiger charge is 2.62. The van der Waals surface area contributed by atoms with E-state index in [1.807, 2.05) is 40.0 Å². The number of halogens is 2. The van der Waals surface area contributed by atoms with Crippen LogP contribution in [-0.2, 0) is 9.53 Å². The number of hydrogen-bond acceptors (Lipinski definition) is 5. The second-order valence-corrected chi connectivity index (χ2v) is 7.25. The van der Waals surface area contributed by atoms with E-state index in [-0.39, 0.29) is 48.3 Å². The Morgan fingerprint density at radius 3 is 2.61 bits per heavy atom. The SMILES string of the molecule is CCOC1CC(N)(C(=O)NC(C)c2nc(C)cs2)C1(C)C.Cl.Cl. The van der Waals surface area contributed by atoms with Crippen molar-refractivity contribution >= 4 is 42.1 Å². The van der Waals surface area contributed by atoms with E-state index in [1.54, 1.807) is 11.3 Å². The minimum atomic E-state index is -0.882. The summed E-state index contributed by atoms with van der Waals surface area (Å²) in [6.07, 6.45) is 0.596. The molecule has 3 atom stereocenters. The van der Waals surface area contributed by atoms with E-state index >= 15 is 0 Å². The summed E-state index contributed by atoms with van der Waals surface area (Å²) in [5.41, 5.74) is 6.09. The topological polar surface area (TPSA) is 77.2 Å². The Kier molecular flexibility index (Phi) is 7.98. The maximum absolute atomic E-state index is 12.6. The van der Waals surface area contributed by atoms with Crippen molar-refractivity contribution in [1.29, 1.82) is 0 Å². The van der Waals surface area contributed by atoms with E-state index in [4.69, 9.17) is 10.5 Å². The van der Waals surface area contributed by atoms with Crippen molar-refractivity contribution in [3.05, 3.63) is 16.1 Å². The molecule has 1 aliphatic carbocycles. The van der Waals surface area contributed by atoms with Crippen molar-refractivity contribution in [1.82, 2.24) is 10.3 Å². The van der Waals surface area contributed by atoms with Crippen LogP contribution in [0.1, 0.15) is 50.9 Å². The number of ether oxygens (including phenoxy) is 1. The molecule has 2 rings (SSSR count). The minimum absolute atomic E-state index is 0. The molecule has 1 aliphatic rings. The van der Waals surface area contributed by atoms with Gasteiger partial charge in [-0.05, 0) is 20.8 Å². The number of rotatable bonds is 5. The molecule has 8 heteroatoms. The van der Waals surface area contributed by atoms with E-state index in [0.717, 1.165) is 10.7 Å². The number of nitrogens with one attached hydrogen (secondary N) is 1. The van der Waals surface area contributed by atoms with Gasteiger partial charge in [-0.25, -0.2) is 4.98 Å². The summed E-state index contributed by atoms with van der Waals surface area (Å²) in [6.45, 7) is 10.5. The molecule has 134 valence electrons. The second kappa shape index (κ2) is 8.12. The van der Waals surface area contributed by atoms with Gasteiger partial charge in [-0.1, -0.05) is 13.8 Å². The minimum Gasteiger partial charge on any atom is -0.378 e. The lowest BCUT2D eigenvalue weighted by molar-refractivity contribution is -0.171. The fraction of sp³-hybridized carbons (Fsp3) is 0.733. The zero-order chi connectivity index (χ0) is 15.8. The highest BCUT2D eigenvalue weighted by atomic mass is 35.5. The zero-order valence-electron chi connectivity index (χ0n) is 14.2. The van der Waals surface area contributed by atoms with Crippen molar-refractivity contribution in [2.24, 2.45) is 11.1 Å². The van der Waals surface area contributed by atoms with Gasteiger partial charge in [0.15, 0.2) is 0 Å². The molecule has 0 aliphatic heterocycles. The van der Waals surface area contributed by atoms with Gasteiger partial charge in [0, 0.05) is 29.5 Å². The van der Waals surface area contributed by atoms with Gasteiger partial charge in [0.25, 0.3) is 0 Å². The maximum atomic E-state index is 12.6. The van der Waals surface area contributed by atoms with E-state index in [0.29, 0.717) is 13.0 Å². The van der Waals surface area contributed by atoms with E-state index in [1.165, 1.54) is 0 Å². The van der Waals surface area contributed by atoms with Gasteiger partial charge < -0.3 is 15.8 Å². The maximum Gasteiger partial charge on any atom is 0.241 e. The fourth-order valence-corrected chi connectivity index (χ4v) is 3.58. The van der Waals surface area contributed by atoms with Gasteiger partial charge in [0.1, 0.15) is 10.5 Å². The van der Waals surface area contributed by atoms with Crippen LogP contribution in [0, 0.1) is 12.3 Å². The Balaban J connectivity index is 0.00000242. The molecule has 3 N–H and O–H groups in total. The van der Waals surface area contributed by atoms with Crippen LogP contribution in [0.25, 0.3) is 0 Å². The van der Waals surface area contributed by atoms with Gasteiger partial charge in [0.2, 0.25) is 5.91 Å². The summed E-state index contributed by atoms with van der Waals surface area (Å²) >= 11 is 1.55. The Hall–Kier alpha value is -0.400. The average molecular weight is 384 g/mol.